The summed E-state index contributed by atoms with van der Waals surface area (Å²) in [5.74, 6) is 0.573. The molecule has 0 unspecified atom stereocenters. The van der Waals surface area contributed by atoms with Crippen molar-refractivity contribution in [2.45, 2.75) is 6.61 Å². The number of methoxy groups -OCH3 is 1. The van der Waals surface area contributed by atoms with Gasteiger partial charge in [0.15, 0.2) is 0 Å². The first-order valence-corrected chi connectivity index (χ1v) is 3.24. The molecule has 0 atom stereocenters. The summed E-state index contributed by atoms with van der Waals surface area (Å²) >= 11 is 1.25. The molecule has 3 nitrogen and oxygen atoms in total. The summed E-state index contributed by atoms with van der Waals surface area (Å²) in [5.41, 5.74) is 0. The lowest BCUT2D eigenvalue weighted by Gasteiger charge is -1.85. The molecule has 4 heteroatoms. The third-order valence-corrected chi connectivity index (χ3v) is 1.65. The second kappa shape index (κ2) is 2.80. The summed E-state index contributed by atoms with van der Waals surface area (Å²) < 4.78 is 8.65. The van der Waals surface area contributed by atoms with E-state index in [0.717, 1.165) is 4.88 Å². The number of rotatable bonds is 2. The summed E-state index contributed by atoms with van der Waals surface area (Å²) in [7, 11) is 1.55. The second-order valence-corrected chi connectivity index (χ2v) is 2.38. The minimum Gasteiger partial charge on any atom is -0.480 e. The predicted molar refractivity (Wildman–Crippen MR) is 34.6 cm³/mol. The molecular weight excluding hydrogens is 138 g/mol. The van der Waals surface area contributed by atoms with Crippen molar-refractivity contribution in [2.24, 2.45) is 0 Å². The minimum atomic E-state index is 0.0427. The van der Waals surface area contributed by atoms with E-state index in [1.807, 2.05) is 0 Å². The van der Waals surface area contributed by atoms with E-state index in [1.54, 1.807) is 13.2 Å². The highest BCUT2D eigenvalue weighted by Crippen LogP contribution is 2.14. The molecule has 0 aliphatic carbocycles. The van der Waals surface area contributed by atoms with Gasteiger partial charge in [-0.15, -0.1) is 0 Å². The zero-order valence-corrected chi connectivity index (χ0v) is 5.81. The molecule has 9 heavy (non-hydrogen) atoms. The van der Waals surface area contributed by atoms with Gasteiger partial charge in [-0.2, -0.15) is 4.37 Å². The van der Waals surface area contributed by atoms with Gasteiger partial charge >= 0.3 is 0 Å². The number of hydrogen-bond donors (Lipinski definition) is 1. The van der Waals surface area contributed by atoms with Crippen molar-refractivity contribution in [1.82, 2.24) is 4.37 Å². The van der Waals surface area contributed by atoms with Crippen LogP contribution >= 0.6 is 11.5 Å². The molecule has 0 amide bonds. The monoisotopic (exact) mass is 145 g/mol. The van der Waals surface area contributed by atoms with Crippen LogP contribution in [0.1, 0.15) is 4.88 Å². The number of aliphatic hydroxyl groups is 1. The number of nitrogens with zero attached hydrogens (tertiary/aromatic N) is 1. The van der Waals surface area contributed by atoms with Crippen LogP contribution in [0.25, 0.3) is 0 Å². The van der Waals surface area contributed by atoms with Crippen molar-refractivity contribution in [3.63, 3.8) is 0 Å². The van der Waals surface area contributed by atoms with E-state index in [1.165, 1.54) is 11.5 Å². The quantitative estimate of drug-likeness (QED) is 0.664. The van der Waals surface area contributed by atoms with Crippen molar-refractivity contribution in [3.05, 3.63) is 10.9 Å². The van der Waals surface area contributed by atoms with Crippen molar-refractivity contribution in [1.29, 1.82) is 0 Å². The summed E-state index contributed by atoms with van der Waals surface area (Å²) in [6.07, 6.45) is 0. The van der Waals surface area contributed by atoms with Gasteiger partial charge in [-0.3, -0.25) is 0 Å². The smallest absolute Gasteiger partial charge is 0.225 e. The third-order valence-electron chi connectivity index (χ3n) is 0.902. The molecular formula is C5H7NO2S. The van der Waals surface area contributed by atoms with E-state index in [-0.39, 0.29) is 6.61 Å². The highest BCUT2D eigenvalue weighted by molar-refractivity contribution is 7.05. The first-order chi connectivity index (χ1) is 4.36. The fourth-order valence-electron chi connectivity index (χ4n) is 0.465. The number of aliphatic hydroxyl groups excluding tert-OH is 1. The molecule has 1 rings (SSSR count). The molecule has 1 aromatic rings. The lowest BCUT2D eigenvalue weighted by molar-refractivity contribution is 0.285. The number of ether oxygens (including phenoxy) is 1. The first-order valence-electron chi connectivity index (χ1n) is 2.47. The van der Waals surface area contributed by atoms with Crippen LogP contribution in [0.3, 0.4) is 0 Å². The summed E-state index contributed by atoms with van der Waals surface area (Å²) in [6, 6.07) is 1.71. The topological polar surface area (TPSA) is 42.4 Å². The van der Waals surface area contributed by atoms with Crippen LogP contribution in [0.4, 0.5) is 0 Å². The van der Waals surface area contributed by atoms with Gasteiger partial charge in [-0.05, 0) is 11.5 Å². The van der Waals surface area contributed by atoms with Gasteiger partial charge in [0.2, 0.25) is 5.88 Å². The average Bonchev–Trinajstić information content (AvgIpc) is 2.34. The van der Waals surface area contributed by atoms with Crippen LogP contribution < -0.4 is 4.74 Å². The zero-order chi connectivity index (χ0) is 6.69. The Hall–Kier alpha value is -0.610. The normalized spacial score (nSPS) is 9.56. The Kier molecular flexibility index (Phi) is 2.02. The average molecular weight is 145 g/mol. The predicted octanol–water partition coefficient (Wildman–Crippen LogP) is 0.644. The van der Waals surface area contributed by atoms with Gasteiger partial charge in [0, 0.05) is 6.07 Å². The minimum absolute atomic E-state index is 0.0427. The van der Waals surface area contributed by atoms with Crippen molar-refractivity contribution >= 4 is 11.5 Å². The van der Waals surface area contributed by atoms with Crippen LogP contribution in [0.5, 0.6) is 5.88 Å². The first kappa shape index (κ1) is 6.51. The molecule has 0 spiro atoms. The molecule has 0 saturated heterocycles. The van der Waals surface area contributed by atoms with Gasteiger partial charge in [0.25, 0.3) is 0 Å². The molecule has 50 valence electrons. The van der Waals surface area contributed by atoms with Gasteiger partial charge in [0.1, 0.15) is 0 Å². The van der Waals surface area contributed by atoms with E-state index in [2.05, 4.69) is 4.37 Å². The van der Waals surface area contributed by atoms with Crippen LogP contribution in [-0.2, 0) is 6.61 Å². The van der Waals surface area contributed by atoms with Crippen LogP contribution in [0, 0.1) is 0 Å². The molecule has 0 saturated carbocycles. The van der Waals surface area contributed by atoms with Crippen molar-refractivity contribution in [3.8, 4) is 5.88 Å². The Morgan fingerprint density at radius 1 is 1.89 bits per heavy atom. The highest BCUT2D eigenvalue weighted by atomic mass is 32.1. The third kappa shape index (κ3) is 1.40. The van der Waals surface area contributed by atoms with E-state index in [4.69, 9.17) is 9.84 Å². The molecule has 0 aromatic carbocycles. The van der Waals surface area contributed by atoms with E-state index >= 15 is 0 Å². The highest BCUT2D eigenvalue weighted by Gasteiger charge is 1.97. The van der Waals surface area contributed by atoms with Crippen LogP contribution in [0.15, 0.2) is 6.07 Å². The van der Waals surface area contributed by atoms with Crippen molar-refractivity contribution in [2.75, 3.05) is 7.11 Å². The molecule has 1 heterocycles. The molecule has 0 radical (unpaired) electrons. The summed E-state index contributed by atoms with van der Waals surface area (Å²) in [5, 5.41) is 8.56. The number of aromatic nitrogens is 1. The molecule has 1 N–H and O–H groups in total. The Morgan fingerprint density at radius 2 is 2.67 bits per heavy atom. The van der Waals surface area contributed by atoms with Gasteiger partial charge in [-0.25, -0.2) is 0 Å². The standard InChI is InChI=1S/C5H7NO2S/c1-8-5-2-4(3-7)9-6-5/h2,7H,3H2,1H3. The maximum atomic E-state index is 8.56. The molecule has 1 aromatic heterocycles. The van der Waals surface area contributed by atoms with Gasteiger partial charge in [-0.1, -0.05) is 0 Å². The Morgan fingerprint density at radius 3 is 3.00 bits per heavy atom. The largest absolute Gasteiger partial charge is 0.480 e. The summed E-state index contributed by atoms with van der Waals surface area (Å²) in [6.45, 7) is 0.0427. The maximum Gasteiger partial charge on any atom is 0.225 e. The zero-order valence-electron chi connectivity index (χ0n) is 5.00. The van der Waals surface area contributed by atoms with E-state index in [0.29, 0.717) is 5.88 Å². The van der Waals surface area contributed by atoms with Gasteiger partial charge in [0.05, 0.1) is 18.6 Å². The molecule has 0 fully saturated rings. The fraction of sp³-hybridized carbons (Fsp3) is 0.400. The van der Waals surface area contributed by atoms with Crippen LogP contribution in [0.2, 0.25) is 0 Å². The van der Waals surface area contributed by atoms with Crippen LogP contribution in [-0.4, -0.2) is 16.6 Å². The summed E-state index contributed by atoms with van der Waals surface area (Å²) in [4.78, 5) is 0.826. The fourth-order valence-corrected chi connectivity index (χ4v) is 1.01. The lowest BCUT2D eigenvalue weighted by Crippen LogP contribution is -1.79. The Labute approximate surface area is 57.1 Å². The Bertz CT molecular complexity index is 168. The SMILES string of the molecule is COc1cc(CO)sn1. The molecule has 0 aliphatic heterocycles. The second-order valence-electron chi connectivity index (χ2n) is 1.49. The van der Waals surface area contributed by atoms with Crippen molar-refractivity contribution < 1.29 is 9.84 Å². The van der Waals surface area contributed by atoms with E-state index in [9.17, 15) is 0 Å². The molecule has 0 bridgehead atoms. The number of hydrogen-bond acceptors (Lipinski definition) is 4. The Balaban J connectivity index is 2.74. The maximum absolute atomic E-state index is 8.56. The lowest BCUT2D eigenvalue weighted by atomic mass is 10.5. The van der Waals surface area contributed by atoms with E-state index < -0.39 is 0 Å². The molecule has 0 aliphatic rings. The van der Waals surface area contributed by atoms with Gasteiger partial charge < -0.3 is 9.84 Å².